The lowest BCUT2D eigenvalue weighted by Gasteiger charge is -2.21. The van der Waals surface area contributed by atoms with E-state index in [0.717, 1.165) is 31.4 Å². The molecule has 9 heteroatoms. The van der Waals surface area contributed by atoms with Gasteiger partial charge in [-0.25, -0.2) is 18.7 Å². The standard InChI is InChI=1S/C26H28BrF2N5O/c1-31-13-22(17-9-18(27)12-19(28)10-17)34-26(35)20-8-7-16(11-21(20)29)24-25(30)32-14-23(33-24)15-5-3-2-4-6-15/h7-12,14-15,22,31H,2-6,13H2,1H3,(H2,30,32)(H,34,35)/t22-/m1/s1. The van der Waals surface area contributed by atoms with Gasteiger partial charge in [-0.1, -0.05) is 41.3 Å². The largest absolute Gasteiger partial charge is 0.382 e. The van der Waals surface area contributed by atoms with Crippen molar-refractivity contribution in [1.29, 1.82) is 0 Å². The molecule has 4 N–H and O–H groups in total. The summed E-state index contributed by atoms with van der Waals surface area (Å²) in [6.45, 7) is 0.335. The number of likely N-dealkylation sites (N-methyl/N-ethyl adjacent to an activating group) is 1. The zero-order chi connectivity index (χ0) is 24.9. The second-order valence-corrected chi connectivity index (χ2v) is 9.76. The van der Waals surface area contributed by atoms with Gasteiger partial charge in [0, 0.05) is 22.5 Å². The predicted molar refractivity (Wildman–Crippen MR) is 136 cm³/mol. The van der Waals surface area contributed by atoms with E-state index < -0.39 is 23.6 Å². The number of amides is 1. The Bertz CT molecular complexity index is 1200. The Kier molecular flexibility index (Phi) is 8.07. The van der Waals surface area contributed by atoms with E-state index >= 15 is 4.39 Å². The second-order valence-electron chi connectivity index (χ2n) is 8.84. The van der Waals surface area contributed by atoms with Gasteiger partial charge in [-0.2, -0.15) is 0 Å². The third-order valence-corrected chi connectivity index (χ3v) is 6.79. The van der Waals surface area contributed by atoms with Crippen molar-refractivity contribution in [3.8, 4) is 11.3 Å². The van der Waals surface area contributed by atoms with E-state index in [9.17, 15) is 9.18 Å². The Labute approximate surface area is 211 Å². The van der Waals surface area contributed by atoms with Crippen LogP contribution < -0.4 is 16.4 Å². The molecule has 6 nitrogen and oxygen atoms in total. The highest BCUT2D eigenvalue weighted by molar-refractivity contribution is 9.10. The summed E-state index contributed by atoms with van der Waals surface area (Å²) in [5.41, 5.74) is 8.24. The molecule has 0 radical (unpaired) electrons. The number of rotatable bonds is 7. The first-order chi connectivity index (χ1) is 16.9. The van der Waals surface area contributed by atoms with Gasteiger partial charge in [-0.15, -0.1) is 0 Å². The highest BCUT2D eigenvalue weighted by Crippen LogP contribution is 2.33. The summed E-state index contributed by atoms with van der Waals surface area (Å²) in [7, 11) is 1.72. The van der Waals surface area contributed by atoms with Gasteiger partial charge < -0.3 is 16.4 Å². The second kappa shape index (κ2) is 11.2. The smallest absolute Gasteiger partial charge is 0.254 e. The Morgan fingerprint density at radius 1 is 1.17 bits per heavy atom. The molecular weight excluding hydrogens is 516 g/mol. The van der Waals surface area contributed by atoms with Gasteiger partial charge in [-0.05, 0) is 55.8 Å². The average molecular weight is 544 g/mol. The molecule has 0 spiro atoms. The number of carbonyl (C=O) groups excluding carboxylic acids is 1. The van der Waals surface area contributed by atoms with E-state index in [0.29, 0.717) is 33.8 Å². The SMILES string of the molecule is CNC[C@@H](NC(=O)c1ccc(-c2nc(C3CCCCC3)cnc2N)cc1F)c1cc(F)cc(Br)c1. The molecule has 0 aliphatic heterocycles. The van der Waals surface area contributed by atoms with Crippen LogP contribution in [0.5, 0.6) is 0 Å². The van der Waals surface area contributed by atoms with Crippen LogP contribution in [0.4, 0.5) is 14.6 Å². The first kappa shape index (κ1) is 25.2. The van der Waals surface area contributed by atoms with Gasteiger partial charge >= 0.3 is 0 Å². The number of nitrogens with zero attached hydrogens (tertiary/aromatic N) is 2. The lowest BCUT2D eigenvalue weighted by Crippen LogP contribution is -2.35. The molecule has 1 fully saturated rings. The Balaban J connectivity index is 1.57. The number of carbonyl (C=O) groups is 1. The number of halogens is 3. The lowest BCUT2D eigenvalue weighted by molar-refractivity contribution is 0.0932. The van der Waals surface area contributed by atoms with Crippen LogP contribution in [0.2, 0.25) is 0 Å². The minimum atomic E-state index is -0.701. The molecule has 0 unspecified atom stereocenters. The molecule has 4 rings (SSSR count). The number of hydrogen-bond donors (Lipinski definition) is 3. The van der Waals surface area contributed by atoms with E-state index in [1.165, 1.54) is 30.7 Å². The molecule has 1 heterocycles. The van der Waals surface area contributed by atoms with Crippen LogP contribution in [0.15, 0.2) is 47.1 Å². The molecule has 184 valence electrons. The summed E-state index contributed by atoms with van der Waals surface area (Å²) >= 11 is 3.27. The first-order valence-corrected chi connectivity index (χ1v) is 12.5. The molecular formula is C26H28BrF2N5O. The average Bonchev–Trinajstić information content (AvgIpc) is 2.84. The van der Waals surface area contributed by atoms with Crippen molar-refractivity contribution in [3.05, 3.63) is 75.5 Å². The summed E-state index contributed by atoms with van der Waals surface area (Å²) in [5, 5.41) is 5.76. The highest BCUT2D eigenvalue weighted by atomic mass is 79.9. The minimum absolute atomic E-state index is 0.125. The number of nitrogen functional groups attached to an aromatic ring is 1. The van der Waals surface area contributed by atoms with Gasteiger partial charge in [0.15, 0.2) is 0 Å². The van der Waals surface area contributed by atoms with Crippen molar-refractivity contribution in [2.75, 3.05) is 19.3 Å². The number of aromatic nitrogens is 2. The fraction of sp³-hybridized carbons (Fsp3) is 0.346. The number of benzene rings is 2. The molecule has 1 amide bonds. The first-order valence-electron chi connectivity index (χ1n) is 11.7. The van der Waals surface area contributed by atoms with Crippen molar-refractivity contribution in [2.24, 2.45) is 0 Å². The van der Waals surface area contributed by atoms with Crippen molar-refractivity contribution < 1.29 is 13.6 Å². The molecule has 1 saturated carbocycles. The molecule has 1 atom stereocenters. The van der Waals surface area contributed by atoms with E-state index in [4.69, 9.17) is 10.7 Å². The Morgan fingerprint density at radius 2 is 1.94 bits per heavy atom. The normalized spacial score (nSPS) is 15.1. The number of anilines is 1. The maximum atomic E-state index is 15.1. The van der Waals surface area contributed by atoms with Crippen molar-refractivity contribution >= 4 is 27.7 Å². The van der Waals surface area contributed by atoms with Crippen LogP contribution in [0.1, 0.15) is 65.7 Å². The van der Waals surface area contributed by atoms with E-state index in [-0.39, 0.29) is 11.4 Å². The van der Waals surface area contributed by atoms with Crippen LogP contribution >= 0.6 is 15.9 Å². The number of nitrogens with two attached hydrogens (primary N) is 1. The van der Waals surface area contributed by atoms with Gasteiger partial charge in [0.25, 0.3) is 5.91 Å². The highest BCUT2D eigenvalue weighted by Gasteiger charge is 2.22. The summed E-state index contributed by atoms with van der Waals surface area (Å²) in [5.74, 6) is -1.20. The molecule has 2 aromatic carbocycles. The van der Waals surface area contributed by atoms with Gasteiger partial charge in [-0.3, -0.25) is 4.79 Å². The molecule has 1 aliphatic rings. The fourth-order valence-corrected chi connectivity index (χ4v) is 5.02. The Hall–Kier alpha value is -2.91. The Morgan fingerprint density at radius 3 is 2.63 bits per heavy atom. The lowest BCUT2D eigenvalue weighted by atomic mass is 9.87. The van der Waals surface area contributed by atoms with Crippen molar-refractivity contribution in [1.82, 2.24) is 20.6 Å². The maximum Gasteiger partial charge on any atom is 0.254 e. The molecule has 1 aromatic heterocycles. The van der Waals surface area contributed by atoms with Crippen LogP contribution in [0, 0.1) is 11.6 Å². The van der Waals surface area contributed by atoms with Crippen LogP contribution in [0.3, 0.4) is 0 Å². The van der Waals surface area contributed by atoms with Gasteiger partial charge in [0.05, 0.1) is 23.5 Å². The topological polar surface area (TPSA) is 92.9 Å². The number of hydrogen-bond acceptors (Lipinski definition) is 5. The number of nitrogens with one attached hydrogen (secondary N) is 2. The van der Waals surface area contributed by atoms with E-state index in [1.54, 1.807) is 25.4 Å². The predicted octanol–water partition coefficient (Wildman–Crippen LogP) is 5.50. The minimum Gasteiger partial charge on any atom is -0.382 e. The van der Waals surface area contributed by atoms with E-state index in [2.05, 4.69) is 31.5 Å². The molecule has 1 aliphatic carbocycles. The van der Waals surface area contributed by atoms with Gasteiger partial charge in [0.1, 0.15) is 23.1 Å². The molecule has 35 heavy (non-hydrogen) atoms. The van der Waals surface area contributed by atoms with E-state index in [1.807, 2.05) is 0 Å². The zero-order valence-electron chi connectivity index (χ0n) is 19.5. The molecule has 3 aromatic rings. The monoisotopic (exact) mass is 543 g/mol. The van der Waals surface area contributed by atoms with Crippen molar-refractivity contribution in [3.63, 3.8) is 0 Å². The quantitative estimate of drug-likeness (QED) is 0.365. The fourth-order valence-electron chi connectivity index (χ4n) is 4.53. The van der Waals surface area contributed by atoms with Crippen molar-refractivity contribution in [2.45, 2.75) is 44.1 Å². The summed E-state index contributed by atoms with van der Waals surface area (Å²) in [4.78, 5) is 21.9. The van der Waals surface area contributed by atoms with Gasteiger partial charge in [0.2, 0.25) is 0 Å². The summed E-state index contributed by atoms with van der Waals surface area (Å²) in [6, 6.07) is 8.11. The zero-order valence-corrected chi connectivity index (χ0v) is 21.0. The molecule has 0 bridgehead atoms. The van der Waals surface area contributed by atoms with Crippen LogP contribution in [-0.2, 0) is 0 Å². The summed E-state index contributed by atoms with van der Waals surface area (Å²) in [6.07, 6.45) is 7.37. The maximum absolute atomic E-state index is 15.1. The molecule has 0 saturated heterocycles. The van der Waals surface area contributed by atoms with Crippen LogP contribution in [-0.4, -0.2) is 29.5 Å². The third-order valence-electron chi connectivity index (χ3n) is 6.33. The van der Waals surface area contributed by atoms with Crippen LogP contribution in [0.25, 0.3) is 11.3 Å². The summed E-state index contributed by atoms with van der Waals surface area (Å²) < 4.78 is 29.5. The third kappa shape index (κ3) is 6.02.